The molecular formula is C49H47Cl5N8O8. The molecule has 0 bridgehead atoms. The second-order valence-electron chi connectivity index (χ2n) is 15.1. The molecule has 0 spiro atoms. The first kappa shape index (κ1) is 54.5. The number of ether oxygens (including phenoxy) is 2. The van der Waals surface area contributed by atoms with Crippen molar-refractivity contribution in [1.29, 1.82) is 0 Å². The monoisotopic (exact) mass is 1050 g/mol. The number of anilines is 4. The van der Waals surface area contributed by atoms with Gasteiger partial charge in [0, 0.05) is 29.0 Å². The number of benzene rings is 5. The Hall–Kier alpha value is -6.43. The lowest BCUT2D eigenvalue weighted by Crippen LogP contribution is -2.32. The average Bonchev–Trinajstić information content (AvgIpc) is 3.32. The molecule has 16 nitrogen and oxygen atoms in total. The quantitative estimate of drug-likeness (QED) is 0.0279. The molecule has 0 saturated carbocycles. The van der Waals surface area contributed by atoms with E-state index in [1.165, 1.54) is 54.6 Å². The third kappa shape index (κ3) is 15.0. The van der Waals surface area contributed by atoms with Gasteiger partial charge in [-0.25, -0.2) is 0 Å². The summed E-state index contributed by atoms with van der Waals surface area (Å²) < 4.78 is 11.4. The number of halogens is 5. The number of hydrogen-bond acceptors (Lipinski definition) is 12. The highest BCUT2D eigenvalue weighted by molar-refractivity contribution is 6.35. The highest BCUT2D eigenvalue weighted by Crippen LogP contribution is 2.32. The zero-order valence-corrected chi connectivity index (χ0v) is 42.0. The van der Waals surface area contributed by atoms with Crippen LogP contribution in [0.4, 0.5) is 34.1 Å². The molecule has 5 aromatic carbocycles. The molecule has 0 heterocycles. The number of carbonyl (C=O) groups excluding carboxylic acids is 6. The summed E-state index contributed by atoms with van der Waals surface area (Å²) in [5, 5.41) is 27.2. The number of aryl methyl sites for hydroxylation is 2. The Bertz CT molecular complexity index is 2830. The van der Waals surface area contributed by atoms with Crippen LogP contribution in [0.2, 0.25) is 10.0 Å². The number of hydrogen-bond donors (Lipinski definition) is 4. The Morgan fingerprint density at radius 1 is 0.543 bits per heavy atom. The highest BCUT2D eigenvalue weighted by Gasteiger charge is 2.26. The summed E-state index contributed by atoms with van der Waals surface area (Å²) in [5.74, 6) is -2.62. The predicted octanol–water partition coefficient (Wildman–Crippen LogP) is 12.0. The Balaban J connectivity index is 1.26. The highest BCUT2D eigenvalue weighted by atomic mass is 35.5. The molecular weight excluding hydrogens is 1010 g/mol. The van der Waals surface area contributed by atoms with Crippen LogP contribution in [-0.2, 0) is 37.9 Å². The summed E-state index contributed by atoms with van der Waals surface area (Å²) in [4.78, 5) is 79.1. The van der Waals surface area contributed by atoms with Gasteiger partial charge in [0.1, 0.15) is 11.5 Å². The van der Waals surface area contributed by atoms with Crippen LogP contribution in [0.25, 0.3) is 0 Å². The summed E-state index contributed by atoms with van der Waals surface area (Å²) in [5.41, 5.74) is 3.62. The molecule has 0 aliphatic heterocycles. The molecule has 2 unspecified atom stereocenters. The molecule has 0 saturated heterocycles. The standard InChI is InChI=1S/C49H47Cl5N8O8/c1-5-69-42-15-7-29(17-19-50)21-40(42)57-46(65)35-24-33(9-12-37(35)53)59-61-44(27(3)63)48(67)55-32-11-14-39(31(23-32)26-52)56-49(68)45(28(4)64)62-60-34-10-13-38(54)36(25-34)47(66)58-41-22-30(18-20-51)8-16-43(41)70-6-2/h7-16,21-25,44-45H,5-6,17-20,26H2,1-4H3,(H,55,67)(H,56,68)(H,57,65)(H,58,66). The molecule has 4 N–H and O–H groups in total. The maximum atomic E-state index is 13.5. The SMILES string of the molecule is CCOc1ccc(CCCl)cc1NC(=O)c1cc(N=NC(C(C)=O)C(=O)Nc2ccc(NC(=O)C(N=Nc3ccc(Cl)c(C(=O)Nc4cc(CCCl)ccc4OCC)c3)C(C)=O)c(CCl)c2)ccc1Cl. The van der Waals surface area contributed by atoms with E-state index in [-0.39, 0.29) is 49.8 Å². The van der Waals surface area contributed by atoms with Crippen molar-refractivity contribution >= 4 is 127 Å². The van der Waals surface area contributed by atoms with Crippen LogP contribution < -0.4 is 30.7 Å². The van der Waals surface area contributed by atoms with E-state index in [2.05, 4.69) is 41.7 Å². The van der Waals surface area contributed by atoms with Crippen LogP contribution >= 0.6 is 58.0 Å². The van der Waals surface area contributed by atoms with Gasteiger partial charge in [0.2, 0.25) is 12.1 Å². The summed E-state index contributed by atoms with van der Waals surface area (Å²) in [6.07, 6.45) is 1.13. The van der Waals surface area contributed by atoms with E-state index in [4.69, 9.17) is 67.5 Å². The molecule has 0 fully saturated rings. The molecule has 0 aromatic heterocycles. The maximum absolute atomic E-state index is 13.5. The average molecular weight is 1050 g/mol. The van der Waals surface area contributed by atoms with Gasteiger partial charge in [-0.15, -0.1) is 34.8 Å². The lowest BCUT2D eigenvalue weighted by molar-refractivity contribution is -0.127. The molecule has 5 rings (SSSR count). The van der Waals surface area contributed by atoms with E-state index < -0.39 is 47.3 Å². The Kier molecular flexibility index (Phi) is 20.7. The van der Waals surface area contributed by atoms with Gasteiger partial charge in [-0.2, -0.15) is 20.5 Å². The fourth-order valence-electron chi connectivity index (χ4n) is 6.52. The van der Waals surface area contributed by atoms with Crippen molar-refractivity contribution in [2.45, 2.75) is 58.5 Å². The van der Waals surface area contributed by atoms with Crippen molar-refractivity contribution in [2.75, 3.05) is 46.2 Å². The van der Waals surface area contributed by atoms with Gasteiger partial charge in [-0.3, -0.25) is 28.8 Å². The molecule has 70 heavy (non-hydrogen) atoms. The zero-order chi connectivity index (χ0) is 50.9. The number of nitrogens with one attached hydrogen (secondary N) is 4. The minimum atomic E-state index is -1.62. The van der Waals surface area contributed by atoms with Crippen molar-refractivity contribution < 1.29 is 38.2 Å². The summed E-state index contributed by atoms with van der Waals surface area (Å²) in [7, 11) is 0. The first-order valence-electron chi connectivity index (χ1n) is 21.6. The largest absolute Gasteiger partial charge is 0.492 e. The fraction of sp³-hybridized carbons (Fsp3) is 0.265. The summed E-state index contributed by atoms with van der Waals surface area (Å²) in [6.45, 7) is 6.67. The molecule has 2 atom stereocenters. The van der Waals surface area contributed by atoms with Gasteiger partial charge in [-0.1, -0.05) is 35.3 Å². The van der Waals surface area contributed by atoms with Crippen LogP contribution in [0, 0.1) is 0 Å². The Labute approximate surface area is 428 Å². The second kappa shape index (κ2) is 26.5. The van der Waals surface area contributed by atoms with E-state index in [0.29, 0.717) is 66.3 Å². The molecule has 21 heteroatoms. The van der Waals surface area contributed by atoms with E-state index in [1.54, 1.807) is 24.3 Å². The molecule has 5 aromatic rings. The Morgan fingerprint density at radius 2 is 1.00 bits per heavy atom. The van der Waals surface area contributed by atoms with Crippen molar-refractivity contribution in [3.8, 4) is 11.5 Å². The number of carbonyl (C=O) groups is 6. The van der Waals surface area contributed by atoms with Gasteiger partial charge < -0.3 is 30.7 Å². The number of rotatable bonds is 23. The zero-order valence-electron chi connectivity index (χ0n) is 38.2. The van der Waals surface area contributed by atoms with E-state index >= 15 is 0 Å². The first-order chi connectivity index (χ1) is 33.6. The van der Waals surface area contributed by atoms with Gasteiger partial charge in [-0.05, 0) is 136 Å². The number of ketones is 2. The Morgan fingerprint density at radius 3 is 1.41 bits per heavy atom. The number of azo groups is 2. The van der Waals surface area contributed by atoms with E-state index in [1.807, 2.05) is 26.0 Å². The molecule has 0 radical (unpaired) electrons. The maximum Gasteiger partial charge on any atom is 0.258 e. The van der Waals surface area contributed by atoms with Gasteiger partial charge in [0.25, 0.3) is 23.6 Å². The molecule has 0 aliphatic carbocycles. The van der Waals surface area contributed by atoms with Crippen molar-refractivity contribution in [3.05, 3.63) is 129 Å². The summed E-state index contributed by atoms with van der Waals surface area (Å²) >= 11 is 30.9. The number of nitrogens with zero attached hydrogens (tertiary/aromatic N) is 4. The lowest BCUT2D eigenvalue weighted by Gasteiger charge is -2.15. The van der Waals surface area contributed by atoms with Crippen LogP contribution in [0.15, 0.2) is 111 Å². The van der Waals surface area contributed by atoms with Crippen LogP contribution in [0.3, 0.4) is 0 Å². The number of alkyl halides is 3. The summed E-state index contributed by atoms with van der Waals surface area (Å²) in [6, 6.07) is 20.3. The first-order valence-corrected chi connectivity index (χ1v) is 23.9. The minimum absolute atomic E-state index is 0.0412. The lowest BCUT2D eigenvalue weighted by atomic mass is 10.1. The third-order valence-electron chi connectivity index (χ3n) is 9.96. The number of amides is 4. The van der Waals surface area contributed by atoms with Crippen molar-refractivity contribution in [3.63, 3.8) is 0 Å². The molecule has 0 aliphatic rings. The van der Waals surface area contributed by atoms with Crippen LogP contribution in [0.5, 0.6) is 11.5 Å². The smallest absolute Gasteiger partial charge is 0.258 e. The third-order valence-corrected chi connectivity index (χ3v) is 11.3. The van der Waals surface area contributed by atoms with Crippen LogP contribution in [0.1, 0.15) is 65.1 Å². The van der Waals surface area contributed by atoms with Crippen molar-refractivity contribution in [1.82, 2.24) is 0 Å². The normalized spacial score (nSPS) is 12.0. The molecule has 366 valence electrons. The topological polar surface area (TPSA) is 218 Å². The van der Waals surface area contributed by atoms with Crippen LogP contribution in [-0.4, -0.2) is 72.3 Å². The number of Topliss-reactive ketones (excluding diaryl/α,β-unsaturated/α-hetero) is 2. The van der Waals surface area contributed by atoms with Gasteiger partial charge >= 0.3 is 0 Å². The fourth-order valence-corrected chi connectivity index (χ4v) is 7.59. The predicted molar refractivity (Wildman–Crippen MR) is 274 cm³/mol. The van der Waals surface area contributed by atoms with Crippen molar-refractivity contribution in [2.24, 2.45) is 20.5 Å². The van der Waals surface area contributed by atoms with E-state index in [9.17, 15) is 28.8 Å². The van der Waals surface area contributed by atoms with Gasteiger partial charge in [0.15, 0.2) is 11.6 Å². The minimum Gasteiger partial charge on any atom is -0.492 e. The van der Waals surface area contributed by atoms with Gasteiger partial charge in [0.05, 0.1) is 57.1 Å². The second-order valence-corrected chi connectivity index (χ2v) is 16.9. The molecule has 4 amide bonds. The van der Waals surface area contributed by atoms with E-state index in [0.717, 1.165) is 25.0 Å².